The van der Waals surface area contributed by atoms with Gasteiger partial charge >= 0.3 is 5.97 Å². The van der Waals surface area contributed by atoms with Crippen molar-refractivity contribution in [2.45, 2.75) is 32.2 Å². The number of likely N-dealkylation sites (tertiary alicyclic amines) is 1. The van der Waals surface area contributed by atoms with Crippen LogP contribution in [0.1, 0.15) is 25.5 Å². The molecule has 2 aromatic rings. The largest absolute Gasteiger partial charge is 0.481 e. The topological polar surface area (TPSA) is 70.5 Å². The number of carbonyl (C=O) groups is 2. The maximum absolute atomic E-state index is 12.6. The molecule has 7 heteroatoms. The lowest BCUT2D eigenvalue weighted by atomic mass is 9.93. The zero-order chi connectivity index (χ0) is 18.0. The second-order valence-corrected chi connectivity index (χ2v) is 7.63. The number of aromatic nitrogens is 1. The Morgan fingerprint density at radius 2 is 2.04 bits per heavy atom. The summed E-state index contributed by atoms with van der Waals surface area (Å²) in [5.74, 6) is -1.37. The lowest BCUT2D eigenvalue weighted by Gasteiger charge is -2.36. The van der Waals surface area contributed by atoms with E-state index in [1.165, 1.54) is 11.3 Å². The molecule has 0 bridgehead atoms. The van der Waals surface area contributed by atoms with E-state index in [2.05, 4.69) is 4.98 Å². The molecule has 0 saturated carbocycles. The van der Waals surface area contributed by atoms with Gasteiger partial charge in [0, 0.05) is 28.6 Å². The fraction of sp³-hybridized carbons (Fsp3) is 0.389. The summed E-state index contributed by atoms with van der Waals surface area (Å²) >= 11 is 7.38. The average Bonchev–Trinajstić information content (AvgIpc) is 3.04. The molecule has 1 aromatic heterocycles. The van der Waals surface area contributed by atoms with Crippen molar-refractivity contribution >= 4 is 34.8 Å². The molecule has 132 valence electrons. The molecule has 1 aromatic carbocycles. The van der Waals surface area contributed by atoms with Gasteiger partial charge in [-0.05, 0) is 31.9 Å². The molecule has 1 fully saturated rings. The van der Waals surface area contributed by atoms with Gasteiger partial charge in [-0.2, -0.15) is 0 Å². The summed E-state index contributed by atoms with van der Waals surface area (Å²) in [4.78, 5) is 30.1. The van der Waals surface area contributed by atoms with E-state index in [9.17, 15) is 14.7 Å². The first-order valence-electron chi connectivity index (χ1n) is 8.16. The van der Waals surface area contributed by atoms with Crippen LogP contribution in [0.4, 0.5) is 0 Å². The van der Waals surface area contributed by atoms with Crippen LogP contribution in [-0.2, 0) is 16.0 Å². The summed E-state index contributed by atoms with van der Waals surface area (Å²) in [5, 5.41) is 12.6. The van der Waals surface area contributed by atoms with Gasteiger partial charge in [-0.3, -0.25) is 9.59 Å². The molecule has 0 radical (unpaired) electrons. The van der Waals surface area contributed by atoms with Crippen LogP contribution < -0.4 is 0 Å². The van der Waals surface area contributed by atoms with Gasteiger partial charge in [0.05, 0.1) is 18.0 Å². The summed E-state index contributed by atoms with van der Waals surface area (Å²) < 4.78 is 0. The minimum atomic E-state index is -0.830. The van der Waals surface area contributed by atoms with Gasteiger partial charge in [0.25, 0.3) is 0 Å². The number of hydrogen-bond acceptors (Lipinski definition) is 4. The van der Waals surface area contributed by atoms with E-state index < -0.39 is 11.9 Å². The quantitative estimate of drug-likeness (QED) is 0.880. The predicted molar refractivity (Wildman–Crippen MR) is 97.8 cm³/mol. The molecule has 0 spiro atoms. The Balaban J connectivity index is 1.68. The second kappa shape index (κ2) is 7.54. The molecule has 1 aliphatic heterocycles. The Hall–Kier alpha value is -1.92. The predicted octanol–water partition coefficient (Wildman–Crippen LogP) is 3.72. The number of piperidine rings is 1. The number of nitrogens with zero attached hydrogens (tertiary/aromatic N) is 2. The third-order valence-electron chi connectivity index (χ3n) is 4.53. The van der Waals surface area contributed by atoms with Gasteiger partial charge in [-0.15, -0.1) is 11.3 Å². The monoisotopic (exact) mass is 378 g/mol. The van der Waals surface area contributed by atoms with Crippen molar-refractivity contribution in [3.8, 4) is 10.6 Å². The molecule has 2 atom stereocenters. The van der Waals surface area contributed by atoms with Crippen molar-refractivity contribution in [3.63, 3.8) is 0 Å². The third-order valence-corrected chi connectivity index (χ3v) is 5.72. The van der Waals surface area contributed by atoms with Crippen molar-refractivity contribution in [2.24, 2.45) is 5.92 Å². The van der Waals surface area contributed by atoms with Crippen LogP contribution >= 0.6 is 22.9 Å². The molecule has 0 aliphatic carbocycles. The number of carboxylic acid groups (broad SMARTS) is 1. The Morgan fingerprint density at radius 3 is 2.72 bits per heavy atom. The summed E-state index contributed by atoms with van der Waals surface area (Å²) in [5.41, 5.74) is 1.68. The molecular weight excluding hydrogens is 360 g/mol. The first kappa shape index (κ1) is 17.9. The number of amides is 1. The van der Waals surface area contributed by atoms with Crippen molar-refractivity contribution in [2.75, 3.05) is 6.54 Å². The summed E-state index contributed by atoms with van der Waals surface area (Å²) in [6.45, 7) is 2.25. The van der Waals surface area contributed by atoms with Crippen LogP contribution in [0.15, 0.2) is 29.6 Å². The fourth-order valence-electron chi connectivity index (χ4n) is 3.03. The van der Waals surface area contributed by atoms with Crippen LogP contribution in [0.5, 0.6) is 0 Å². The third kappa shape index (κ3) is 4.19. The number of halogens is 1. The lowest BCUT2D eigenvalue weighted by molar-refractivity contribution is -0.147. The molecule has 1 saturated heterocycles. The van der Waals surface area contributed by atoms with E-state index >= 15 is 0 Å². The molecule has 1 amide bonds. The Morgan fingerprint density at radius 1 is 1.32 bits per heavy atom. The van der Waals surface area contributed by atoms with Crippen LogP contribution in [-0.4, -0.2) is 39.5 Å². The van der Waals surface area contributed by atoms with Crippen molar-refractivity contribution in [1.82, 2.24) is 9.88 Å². The maximum Gasteiger partial charge on any atom is 0.308 e. The van der Waals surface area contributed by atoms with Crippen LogP contribution in [0.25, 0.3) is 10.6 Å². The number of thiazole rings is 1. The Kier molecular flexibility index (Phi) is 5.39. The molecule has 2 heterocycles. The second-order valence-electron chi connectivity index (χ2n) is 6.34. The smallest absolute Gasteiger partial charge is 0.308 e. The van der Waals surface area contributed by atoms with Gasteiger partial charge in [-0.25, -0.2) is 4.98 Å². The summed E-state index contributed by atoms with van der Waals surface area (Å²) in [7, 11) is 0. The van der Waals surface area contributed by atoms with Gasteiger partial charge in [0.15, 0.2) is 0 Å². The number of carboxylic acids is 1. The number of carbonyl (C=O) groups excluding carboxylic acids is 1. The Bertz CT molecular complexity index is 775. The van der Waals surface area contributed by atoms with Gasteiger partial charge in [0.1, 0.15) is 5.01 Å². The van der Waals surface area contributed by atoms with E-state index in [0.717, 1.165) is 17.0 Å². The molecule has 5 nitrogen and oxygen atoms in total. The molecule has 3 rings (SSSR count). The molecule has 2 unspecified atom stereocenters. The van der Waals surface area contributed by atoms with Crippen LogP contribution in [0.2, 0.25) is 5.02 Å². The zero-order valence-electron chi connectivity index (χ0n) is 13.8. The molecular formula is C18H19ClN2O3S. The maximum atomic E-state index is 12.6. The average molecular weight is 379 g/mol. The number of benzene rings is 1. The summed E-state index contributed by atoms with van der Waals surface area (Å²) in [6.07, 6.45) is 1.54. The number of hydrogen-bond donors (Lipinski definition) is 1. The number of aliphatic carboxylic acids is 1. The van der Waals surface area contributed by atoms with Gasteiger partial charge in [0.2, 0.25) is 5.91 Å². The Labute approximate surface area is 155 Å². The van der Waals surface area contributed by atoms with E-state index in [1.807, 2.05) is 36.6 Å². The zero-order valence-corrected chi connectivity index (χ0v) is 15.4. The fourth-order valence-corrected chi connectivity index (χ4v) is 3.98. The molecule has 1 aliphatic rings. The normalized spacial score (nSPS) is 20.5. The van der Waals surface area contributed by atoms with Crippen molar-refractivity contribution < 1.29 is 14.7 Å². The van der Waals surface area contributed by atoms with E-state index in [1.54, 1.807) is 4.90 Å². The van der Waals surface area contributed by atoms with Crippen molar-refractivity contribution in [1.29, 1.82) is 0 Å². The van der Waals surface area contributed by atoms with Crippen LogP contribution in [0, 0.1) is 5.92 Å². The molecule has 25 heavy (non-hydrogen) atoms. The molecule has 1 N–H and O–H groups in total. The SMILES string of the molecule is CC1CCC(C(=O)O)CN1C(=O)Cc1csc(-c2ccc(Cl)cc2)n1. The van der Waals surface area contributed by atoms with Gasteiger partial charge < -0.3 is 10.0 Å². The van der Waals surface area contributed by atoms with Gasteiger partial charge in [-0.1, -0.05) is 23.7 Å². The first-order chi connectivity index (χ1) is 11.9. The standard InChI is InChI=1S/C18H19ClN2O3S/c1-11-2-3-13(18(23)24)9-21(11)16(22)8-15-10-25-17(20-15)12-4-6-14(19)7-5-12/h4-7,10-11,13H,2-3,8-9H2,1H3,(H,23,24). The number of rotatable bonds is 4. The minimum absolute atomic E-state index is 0.0635. The summed E-state index contributed by atoms with van der Waals surface area (Å²) in [6, 6.07) is 7.49. The first-order valence-corrected chi connectivity index (χ1v) is 9.42. The highest BCUT2D eigenvalue weighted by atomic mass is 35.5. The lowest BCUT2D eigenvalue weighted by Crippen LogP contribution is -2.47. The van der Waals surface area contributed by atoms with Crippen LogP contribution in [0.3, 0.4) is 0 Å². The van der Waals surface area contributed by atoms with E-state index in [4.69, 9.17) is 11.6 Å². The van der Waals surface area contributed by atoms with Crippen molar-refractivity contribution in [3.05, 3.63) is 40.4 Å². The highest BCUT2D eigenvalue weighted by Gasteiger charge is 2.32. The van der Waals surface area contributed by atoms with E-state index in [0.29, 0.717) is 17.1 Å². The highest BCUT2D eigenvalue weighted by molar-refractivity contribution is 7.13. The highest BCUT2D eigenvalue weighted by Crippen LogP contribution is 2.27. The minimum Gasteiger partial charge on any atom is -0.481 e. The van der Waals surface area contributed by atoms with E-state index in [-0.39, 0.29) is 24.9 Å².